The lowest BCUT2D eigenvalue weighted by molar-refractivity contribution is -0.124. The highest BCUT2D eigenvalue weighted by Gasteiger charge is 2.24. The molecular formula is C13H17N3O2S. The molecule has 0 saturated heterocycles. The van der Waals surface area contributed by atoms with Crippen molar-refractivity contribution in [2.45, 2.75) is 11.3 Å². The van der Waals surface area contributed by atoms with E-state index in [0.29, 0.717) is 18.7 Å². The summed E-state index contributed by atoms with van der Waals surface area (Å²) >= 11 is 1.55. The van der Waals surface area contributed by atoms with Gasteiger partial charge in [0.15, 0.2) is 0 Å². The summed E-state index contributed by atoms with van der Waals surface area (Å²) in [4.78, 5) is 26.4. The summed E-state index contributed by atoms with van der Waals surface area (Å²) in [6.45, 7) is 0.413. The first kappa shape index (κ1) is 13.9. The van der Waals surface area contributed by atoms with E-state index < -0.39 is 0 Å². The van der Waals surface area contributed by atoms with Crippen molar-refractivity contribution in [3.8, 4) is 0 Å². The van der Waals surface area contributed by atoms with Gasteiger partial charge < -0.3 is 4.90 Å². The van der Waals surface area contributed by atoms with Crippen molar-refractivity contribution in [3.05, 3.63) is 24.3 Å². The van der Waals surface area contributed by atoms with E-state index in [2.05, 4.69) is 5.43 Å². The molecule has 1 aromatic carbocycles. The number of nitrogens with zero attached hydrogens (tertiary/aromatic N) is 2. The van der Waals surface area contributed by atoms with Crippen LogP contribution in [0.2, 0.25) is 0 Å². The monoisotopic (exact) mass is 279 g/mol. The van der Waals surface area contributed by atoms with E-state index in [9.17, 15) is 9.59 Å². The predicted molar refractivity (Wildman–Crippen MR) is 76.0 cm³/mol. The van der Waals surface area contributed by atoms with Crippen molar-refractivity contribution >= 4 is 29.3 Å². The Balaban J connectivity index is 2.03. The zero-order valence-electron chi connectivity index (χ0n) is 11.0. The molecule has 0 aromatic heterocycles. The molecule has 1 heterocycles. The van der Waals surface area contributed by atoms with E-state index in [1.165, 1.54) is 0 Å². The van der Waals surface area contributed by atoms with Gasteiger partial charge in [0.25, 0.3) is 0 Å². The van der Waals surface area contributed by atoms with Crippen LogP contribution >= 0.6 is 11.8 Å². The maximum absolute atomic E-state index is 12.0. The van der Waals surface area contributed by atoms with Crippen LogP contribution in [0.1, 0.15) is 6.42 Å². The van der Waals surface area contributed by atoms with E-state index in [1.54, 1.807) is 35.8 Å². The number of fused-ring (bicyclic) bond motifs is 1. The highest BCUT2D eigenvalue weighted by Crippen LogP contribution is 2.34. The highest BCUT2D eigenvalue weighted by atomic mass is 32.2. The summed E-state index contributed by atoms with van der Waals surface area (Å²) in [5.41, 5.74) is 3.58. The number of anilines is 1. The van der Waals surface area contributed by atoms with Crippen LogP contribution in [0.25, 0.3) is 0 Å². The van der Waals surface area contributed by atoms with Gasteiger partial charge in [-0.2, -0.15) is 0 Å². The molecular weight excluding hydrogens is 262 g/mol. The summed E-state index contributed by atoms with van der Waals surface area (Å²) in [5, 5.41) is 1.60. The van der Waals surface area contributed by atoms with Gasteiger partial charge in [0.1, 0.15) is 0 Å². The molecule has 102 valence electrons. The number of hydrogen-bond acceptors (Lipinski definition) is 4. The number of carbonyl (C=O) groups excluding carboxylic acids is 2. The number of para-hydroxylation sites is 1. The smallest absolute Gasteiger partial charge is 0.237 e. The molecule has 0 aliphatic carbocycles. The van der Waals surface area contributed by atoms with Crippen LogP contribution in [0.5, 0.6) is 0 Å². The number of nitrogens with one attached hydrogen (secondary N) is 1. The van der Waals surface area contributed by atoms with Crippen LogP contribution in [0, 0.1) is 0 Å². The van der Waals surface area contributed by atoms with Gasteiger partial charge in [-0.1, -0.05) is 12.1 Å². The van der Waals surface area contributed by atoms with Crippen LogP contribution < -0.4 is 10.3 Å². The Bertz CT molecular complexity index is 491. The Morgan fingerprint density at radius 2 is 2.16 bits per heavy atom. The van der Waals surface area contributed by atoms with Gasteiger partial charge in [-0.25, -0.2) is 5.01 Å². The Kier molecular flexibility index (Phi) is 4.44. The predicted octanol–water partition coefficient (Wildman–Crippen LogP) is 1.11. The lowest BCUT2D eigenvalue weighted by Gasteiger charge is -2.28. The second-order valence-electron chi connectivity index (χ2n) is 4.48. The van der Waals surface area contributed by atoms with Crippen LogP contribution in [-0.2, 0) is 9.59 Å². The summed E-state index contributed by atoms with van der Waals surface area (Å²) in [6, 6.07) is 7.78. The normalized spacial score (nSPS) is 14.5. The Morgan fingerprint density at radius 3 is 2.89 bits per heavy atom. The third-order valence-electron chi connectivity index (χ3n) is 2.72. The third kappa shape index (κ3) is 3.48. The van der Waals surface area contributed by atoms with Crippen molar-refractivity contribution in [3.63, 3.8) is 0 Å². The fourth-order valence-electron chi connectivity index (χ4n) is 1.92. The first-order chi connectivity index (χ1) is 9.08. The highest BCUT2D eigenvalue weighted by molar-refractivity contribution is 8.00. The number of carbonyl (C=O) groups is 2. The van der Waals surface area contributed by atoms with Gasteiger partial charge in [0.2, 0.25) is 11.8 Å². The van der Waals surface area contributed by atoms with Crippen LogP contribution in [0.3, 0.4) is 0 Å². The molecule has 1 N–H and O–H groups in total. The second-order valence-corrected chi connectivity index (χ2v) is 5.50. The summed E-state index contributed by atoms with van der Waals surface area (Å²) in [7, 11) is 3.52. The molecule has 0 unspecified atom stereocenters. The van der Waals surface area contributed by atoms with Gasteiger partial charge in [-0.3, -0.25) is 15.0 Å². The molecule has 1 aliphatic rings. The van der Waals surface area contributed by atoms with Crippen molar-refractivity contribution in [2.75, 3.05) is 31.3 Å². The van der Waals surface area contributed by atoms with Gasteiger partial charge >= 0.3 is 0 Å². The SMILES string of the molecule is CN(C)NC(=O)CCN1C(=O)CSc2ccccc21. The van der Waals surface area contributed by atoms with Crippen LogP contribution in [-0.4, -0.2) is 43.2 Å². The summed E-state index contributed by atoms with van der Waals surface area (Å²) in [5.74, 6) is 0.404. The van der Waals surface area contributed by atoms with E-state index in [0.717, 1.165) is 10.6 Å². The van der Waals surface area contributed by atoms with Crippen molar-refractivity contribution in [2.24, 2.45) is 0 Å². The zero-order valence-corrected chi connectivity index (χ0v) is 11.9. The molecule has 1 aromatic rings. The Hall–Kier alpha value is -1.53. The fraction of sp³-hybridized carbons (Fsp3) is 0.385. The Labute approximate surface area is 116 Å². The molecule has 2 amide bonds. The number of amides is 2. The largest absolute Gasteiger partial charge is 0.310 e. The summed E-state index contributed by atoms with van der Waals surface area (Å²) < 4.78 is 0. The minimum absolute atomic E-state index is 0.0568. The Morgan fingerprint density at radius 1 is 1.42 bits per heavy atom. The van der Waals surface area contributed by atoms with E-state index in [1.807, 2.05) is 24.3 Å². The third-order valence-corrected chi connectivity index (χ3v) is 3.77. The molecule has 0 bridgehead atoms. The number of rotatable bonds is 4. The molecule has 6 heteroatoms. The topological polar surface area (TPSA) is 52.7 Å². The average Bonchev–Trinajstić information content (AvgIpc) is 2.36. The first-order valence-electron chi connectivity index (χ1n) is 6.07. The van der Waals surface area contributed by atoms with E-state index in [4.69, 9.17) is 0 Å². The van der Waals surface area contributed by atoms with E-state index >= 15 is 0 Å². The van der Waals surface area contributed by atoms with E-state index in [-0.39, 0.29) is 11.8 Å². The molecule has 0 radical (unpaired) electrons. The lowest BCUT2D eigenvalue weighted by Crippen LogP contribution is -2.41. The van der Waals surface area contributed by atoms with Crippen LogP contribution in [0.15, 0.2) is 29.2 Å². The fourth-order valence-corrected chi connectivity index (χ4v) is 2.85. The lowest BCUT2D eigenvalue weighted by atomic mass is 10.2. The molecule has 1 aliphatic heterocycles. The minimum atomic E-state index is -0.0893. The second kappa shape index (κ2) is 6.08. The molecule has 5 nitrogen and oxygen atoms in total. The standard InChI is InChI=1S/C13H17N3O2S/c1-15(2)14-12(17)7-8-16-10-5-3-4-6-11(10)19-9-13(16)18/h3-6H,7-9H2,1-2H3,(H,14,17). The maximum atomic E-state index is 12.0. The van der Waals surface area contributed by atoms with Gasteiger partial charge in [0, 0.05) is 32.0 Å². The molecule has 0 spiro atoms. The van der Waals surface area contributed by atoms with Gasteiger partial charge in [0.05, 0.1) is 11.4 Å². The molecule has 2 rings (SSSR count). The molecule has 0 atom stereocenters. The quantitative estimate of drug-likeness (QED) is 0.839. The molecule has 0 fully saturated rings. The maximum Gasteiger partial charge on any atom is 0.237 e. The van der Waals surface area contributed by atoms with Crippen molar-refractivity contribution in [1.82, 2.24) is 10.4 Å². The average molecular weight is 279 g/mol. The van der Waals surface area contributed by atoms with Crippen LogP contribution in [0.4, 0.5) is 5.69 Å². The number of thioether (sulfide) groups is 1. The minimum Gasteiger partial charge on any atom is -0.310 e. The number of benzene rings is 1. The molecule has 0 saturated carbocycles. The first-order valence-corrected chi connectivity index (χ1v) is 7.05. The number of hydrogen-bond donors (Lipinski definition) is 1. The van der Waals surface area contributed by atoms with Gasteiger partial charge in [-0.15, -0.1) is 11.8 Å². The van der Waals surface area contributed by atoms with Crippen molar-refractivity contribution < 1.29 is 9.59 Å². The number of hydrazine groups is 1. The zero-order chi connectivity index (χ0) is 13.8. The van der Waals surface area contributed by atoms with Crippen molar-refractivity contribution in [1.29, 1.82) is 0 Å². The van der Waals surface area contributed by atoms with Gasteiger partial charge in [-0.05, 0) is 12.1 Å². The molecule has 19 heavy (non-hydrogen) atoms. The summed E-state index contributed by atoms with van der Waals surface area (Å²) in [6.07, 6.45) is 0.295.